The molecule has 0 spiro atoms. The number of anilines is 1. The van der Waals surface area contributed by atoms with Crippen molar-refractivity contribution in [2.24, 2.45) is 5.92 Å². The number of hydrogen-bond acceptors (Lipinski definition) is 14. The van der Waals surface area contributed by atoms with Crippen LogP contribution in [0.4, 0.5) is 19.0 Å². The maximum atomic E-state index is 15.7. The van der Waals surface area contributed by atoms with Gasteiger partial charge in [0.2, 0.25) is 11.8 Å². The Hall–Kier alpha value is -8.20. The number of nitrogens with one attached hydrogen (secondary N) is 2. The Bertz CT molecular complexity index is 3720. The van der Waals surface area contributed by atoms with Gasteiger partial charge in [-0.3, -0.25) is 14.6 Å². The molecule has 3 aromatic heterocycles. The van der Waals surface area contributed by atoms with Crippen molar-refractivity contribution >= 4 is 39.3 Å². The van der Waals surface area contributed by atoms with Gasteiger partial charge in [-0.05, 0) is 89.4 Å². The molecule has 2 unspecified atom stereocenters. The molecule has 2 bridgehead atoms. The van der Waals surface area contributed by atoms with Crippen LogP contribution in [0, 0.1) is 23.4 Å². The van der Waals surface area contributed by atoms with Crippen LogP contribution in [0.3, 0.4) is 0 Å². The van der Waals surface area contributed by atoms with Gasteiger partial charge in [0.1, 0.15) is 59.1 Å². The fourth-order valence-corrected chi connectivity index (χ4v) is 12.3. The molecule has 4 saturated heterocycles. The minimum atomic E-state index is -0.972. The molecule has 6 atom stereocenters. The van der Waals surface area contributed by atoms with E-state index in [1.807, 2.05) is 45.0 Å². The molecule has 17 nitrogen and oxygen atoms in total. The lowest BCUT2D eigenvalue weighted by atomic mass is 9.94. The number of halogens is 3. The standard InChI is InChI=1S/C63H65F3N10O7/c1-5-46-50(64)20-17-40-25-43(77)26-48(54(40)46)56-59(57-49(28-67-56)60(74-29-41-18-19-42(30-74)69-41)71-63(70-57)83-45-21-23-81-24-22-45)82-33-36-9-11-39(12-10-36)52-32-76(73-72-52)58(34(2)3)62(80)75-31-44(78)27-53(75)61(79)68-35(4)37-13-15-38(16-14-37)47-7-6-8-51(65)55(47)66/h6-17,20,25-26,28,32,34-35,41-42,44-45,53,58,69,77-78H,5,18-19,21-24,27,29-31,33H2,1-4H3,(H,68,79)/t35-,41?,42?,44+,53-,58-/m0/s1. The van der Waals surface area contributed by atoms with Crippen molar-refractivity contribution in [1.82, 2.24) is 45.5 Å². The summed E-state index contributed by atoms with van der Waals surface area (Å²) in [7, 11) is 0. The number of likely N-dealkylation sites (tertiary alicyclic amines) is 1. The number of carbonyl (C=O) groups is 2. The summed E-state index contributed by atoms with van der Waals surface area (Å²) >= 11 is 0. The number of carbonyl (C=O) groups excluding carboxylic acids is 2. The second kappa shape index (κ2) is 23.2. The number of hydrogen-bond donors (Lipinski definition) is 4. The van der Waals surface area contributed by atoms with E-state index in [2.05, 4.69) is 25.8 Å². The van der Waals surface area contributed by atoms with Gasteiger partial charge in [-0.15, -0.1) is 5.10 Å². The predicted octanol–water partition coefficient (Wildman–Crippen LogP) is 9.57. The van der Waals surface area contributed by atoms with Gasteiger partial charge in [-0.1, -0.05) is 92.7 Å². The molecule has 7 heterocycles. The van der Waals surface area contributed by atoms with Crippen LogP contribution in [0.5, 0.6) is 17.5 Å². The molecular weight excluding hydrogens is 1070 g/mol. The maximum Gasteiger partial charge on any atom is 0.319 e. The Kier molecular flexibility index (Phi) is 15.5. The van der Waals surface area contributed by atoms with Crippen molar-refractivity contribution in [1.29, 1.82) is 0 Å². The zero-order chi connectivity index (χ0) is 57.6. The van der Waals surface area contributed by atoms with Gasteiger partial charge >= 0.3 is 6.01 Å². The highest BCUT2D eigenvalue weighted by molar-refractivity contribution is 6.04. The number of amides is 2. The number of β-amino-alcohol motifs (C(OH)–C–C–N with tert-alkyl or cyclic N) is 1. The topological polar surface area (TPSA) is 202 Å². The van der Waals surface area contributed by atoms with E-state index in [9.17, 15) is 28.6 Å². The van der Waals surface area contributed by atoms with Gasteiger partial charge < -0.3 is 44.9 Å². The van der Waals surface area contributed by atoms with E-state index in [1.54, 1.807) is 61.8 Å². The van der Waals surface area contributed by atoms with E-state index in [1.165, 1.54) is 27.8 Å². The highest BCUT2D eigenvalue weighted by atomic mass is 19.2. The number of phenols is 1. The Morgan fingerprint density at radius 1 is 0.867 bits per heavy atom. The van der Waals surface area contributed by atoms with E-state index in [0.717, 1.165) is 37.6 Å². The van der Waals surface area contributed by atoms with Crippen molar-refractivity contribution in [3.05, 3.63) is 138 Å². The normalized spacial score (nSPS) is 19.9. The van der Waals surface area contributed by atoms with Gasteiger partial charge in [0.15, 0.2) is 17.4 Å². The molecule has 8 aromatic rings. The largest absolute Gasteiger partial charge is 0.508 e. The summed E-state index contributed by atoms with van der Waals surface area (Å²) in [6.45, 7) is 10.0. The summed E-state index contributed by atoms with van der Waals surface area (Å²) in [4.78, 5) is 47.5. The molecular formula is C63H65F3N10O7. The maximum absolute atomic E-state index is 15.7. The fourth-order valence-electron chi connectivity index (χ4n) is 12.3. The lowest BCUT2D eigenvalue weighted by molar-refractivity contribution is -0.142. The summed E-state index contributed by atoms with van der Waals surface area (Å²) < 4.78 is 64.9. The molecule has 4 aliphatic rings. The van der Waals surface area contributed by atoms with Crippen LogP contribution in [0.1, 0.15) is 88.6 Å². The number of pyridine rings is 1. The molecule has 430 valence electrons. The molecule has 4 N–H and O–H groups in total. The fraction of sp³-hybridized carbons (Fsp3) is 0.381. The Balaban J connectivity index is 0.812. The van der Waals surface area contributed by atoms with Crippen LogP contribution in [0.15, 0.2) is 103 Å². The van der Waals surface area contributed by atoms with E-state index >= 15 is 4.39 Å². The third-order valence-corrected chi connectivity index (χ3v) is 16.6. The molecule has 0 radical (unpaired) electrons. The van der Waals surface area contributed by atoms with Crippen LogP contribution >= 0.6 is 0 Å². The number of aliphatic hydroxyl groups is 1. The third-order valence-electron chi connectivity index (χ3n) is 16.6. The summed E-state index contributed by atoms with van der Waals surface area (Å²) in [6.07, 6.45) is 6.24. The molecule has 0 saturated carbocycles. The number of ether oxygens (including phenoxy) is 3. The van der Waals surface area contributed by atoms with E-state index in [-0.39, 0.29) is 54.7 Å². The molecule has 4 aliphatic heterocycles. The summed E-state index contributed by atoms with van der Waals surface area (Å²) in [5, 5.41) is 39.6. The first-order chi connectivity index (χ1) is 40.2. The molecule has 83 heavy (non-hydrogen) atoms. The van der Waals surface area contributed by atoms with Crippen LogP contribution < -0.4 is 25.0 Å². The van der Waals surface area contributed by atoms with Gasteiger partial charge in [-0.25, -0.2) is 17.9 Å². The molecule has 0 aliphatic carbocycles. The van der Waals surface area contributed by atoms with E-state index in [0.29, 0.717) is 117 Å². The third kappa shape index (κ3) is 11.1. The zero-order valence-electron chi connectivity index (χ0n) is 46.6. The summed E-state index contributed by atoms with van der Waals surface area (Å²) in [5.74, 6) is -2.44. The van der Waals surface area contributed by atoms with Crippen molar-refractivity contribution < 1.29 is 47.2 Å². The number of nitrogens with zero attached hydrogens (tertiary/aromatic N) is 8. The first-order valence-corrected chi connectivity index (χ1v) is 28.6. The minimum Gasteiger partial charge on any atom is -0.508 e. The number of aromatic hydroxyl groups is 1. The highest BCUT2D eigenvalue weighted by Gasteiger charge is 2.43. The number of aliphatic hydroxyl groups excluding tert-OH is 1. The quantitative estimate of drug-likeness (QED) is 0.0712. The first-order valence-electron chi connectivity index (χ1n) is 28.6. The average molecular weight is 1130 g/mol. The molecule has 2 amide bonds. The number of piperazine rings is 1. The number of fused-ring (bicyclic) bond motifs is 4. The first kappa shape index (κ1) is 55.3. The Morgan fingerprint density at radius 2 is 1.61 bits per heavy atom. The van der Waals surface area contributed by atoms with Crippen LogP contribution in [0.25, 0.3) is 55.3 Å². The second-order valence-corrected chi connectivity index (χ2v) is 22.6. The number of aryl methyl sites for hydroxylation is 1. The Labute approximate surface area is 477 Å². The highest BCUT2D eigenvalue weighted by Crippen LogP contribution is 2.44. The van der Waals surface area contributed by atoms with Crippen molar-refractivity contribution in [3.8, 4) is 51.2 Å². The average Bonchev–Trinajstić information content (AvgIpc) is 4.35. The van der Waals surface area contributed by atoms with Gasteiger partial charge in [0.25, 0.3) is 0 Å². The number of aromatic nitrogens is 6. The van der Waals surface area contributed by atoms with Crippen molar-refractivity contribution in [2.75, 3.05) is 37.7 Å². The monoisotopic (exact) mass is 1130 g/mol. The smallest absolute Gasteiger partial charge is 0.319 e. The van der Waals surface area contributed by atoms with Gasteiger partial charge in [0, 0.05) is 73.9 Å². The molecule has 5 aromatic carbocycles. The van der Waals surface area contributed by atoms with Gasteiger partial charge in [-0.2, -0.15) is 9.97 Å². The van der Waals surface area contributed by atoms with Crippen molar-refractivity contribution in [3.63, 3.8) is 0 Å². The number of benzene rings is 5. The van der Waals surface area contributed by atoms with Crippen molar-refractivity contribution in [2.45, 2.75) is 115 Å². The van der Waals surface area contributed by atoms with E-state index in [4.69, 9.17) is 29.2 Å². The van der Waals surface area contributed by atoms with Gasteiger partial charge in [0.05, 0.1) is 36.9 Å². The second-order valence-electron chi connectivity index (χ2n) is 22.6. The van der Waals surface area contributed by atoms with Crippen LogP contribution in [-0.4, -0.2) is 120 Å². The lowest BCUT2D eigenvalue weighted by Crippen LogP contribution is -2.51. The lowest BCUT2D eigenvalue weighted by Gasteiger charge is -2.34. The number of rotatable bonds is 16. The number of phenolic OH excluding ortho intramolecular Hbond substituents is 1. The summed E-state index contributed by atoms with van der Waals surface area (Å²) in [5.41, 5.74) is 5.04. The Morgan fingerprint density at radius 3 is 2.35 bits per heavy atom. The predicted molar refractivity (Wildman–Crippen MR) is 306 cm³/mol. The van der Waals surface area contributed by atoms with Crippen LogP contribution in [-0.2, 0) is 27.4 Å². The van der Waals surface area contributed by atoms with Crippen LogP contribution in [0.2, 0.25) is 0 Å². The van der Waals surface area contributed by atoms with E-state index < -0.39 is 47.7 Å². The minimum absolute atomic E-state index is 0.0215. The summed E-state index contributed by atoms with van der Waals surface area (Å²) in [6, 6.07) is 23.0. The zero-order valence-corrected chi connectivity index (χ0v) is 46.6. The molecule has 20 heteroatoms. The SMILES string of the molecule is CCc1c(F)ccc2cc(O)cc(-c3ncc4c(N5CC6CCC(C5)N6)nc(OC5CCOCC5)nc4c3OCc3ccc(-c4cn([C@H](C(=O)N5C[C@H](O)C[C@H]5C(=O)N[C@@H](C)c5ccc(-c6cccc(F)c6F)cc5)C(C)C)nn4)cc3)c12. The molecule has 4 fully saturated rings. The molecule has 12 rings (SSSR count).